The molecule has 1 N–H and O–H groups in total. The van der Waals surface area contributed by atoms with Gasteiger partial charge < -0.3 is 0 Å². The highest BCUT2D eigenvalue weighted by Crippen LogP contribution is 2.30. The minimum absolute atomic E-state index is 0.101. The van der Waals surface area contributed by atoms with E-state index in [9.17, 15) is 8.42 Å². The summed E-state index contributed by atoms with van der Waals surface area (Å²) in [5, 5.41) is 0.460. The fourth-order valence-electron chi connectivity index (χ4n) is 2.61. The summed E-state index contributed by atoms with van der Waals surface area (Å²) in [5.41, 5.74) is 1.26. The average molecular weight is 464 g/mol. The molecule has 27 heavy (non-hydrogen) atoms. The number of hydrogen-bond donors (Lipinski definition) is 1. The van der Waals surface area contributed by atoms with Crippen molar-refractivity contribution in [3.05, 3.63) is 76.5 Å². The molecule has 0 aliphatic carbocycles. The fourth-order valence-corrected chi connectivity index (χ4v) is 4.10. The molecule has 6 nitrogen and oxygen atoms in total. The molecule has 4 rings (SSSR count). The van der Waals surface area contributed by atoms with Crippen molar-refractivity contribution in [2.75, 3.05) is 4.72 Å². The Labute approximate surface area is 169 Å². The minimum atomic E-state index is -3.85. The van der Waals surface area contributed by atoms with E-state index in [1.54, 1.807) is 16.8 Å². The molecule has 0 aliphatic heterocycles. The van der Waals surface area contributed by atoms with Gasteiger partial charge in [-0.05, 0) is 40.2 Å². The van der Waals surface area contributed by atoms with Gasteiger partial charge in [-0.3, -0.25) is 9.12 Å². The summed E-state index contributed by atoms with van der Waals surface area (Å²) in [6, 6.07) is 15.3. The fraction of sp³-hybridized carbons (Fsp3) is 0. The molecule has 136 valence electrons. The van der Waals surface area contributed by atoms with Crippen molar-refractivity contribution < 1.29 is 8.42 Å². The summed E-state index contributed by atoms with van der Waals surface area (Å²) in [5.74, 6) is 0.686. The Morgan fingerprint density at radius 2 is 1.74 bits per heavy atom. The van der Waals surface area contributed by atoms with Crippen LogP contribution in [0.25, 0.3) is 17.0 Å². The zero-order valence-corrected chi connectivity index (χ0v) is 16.8. The van der Waals surface area contributed by atoms with Crippen LogP contribution in [0.3, 0.4) is 0 Å². The van der Waals surface area contributed by atoms with Gasteiger partial charge in [-0.15, -0.1) is 0 Å². The normalized spacial score (nSPS) is 11.6. The van der Waals surface area contributed by atoms with Gasteiger partial charge in [0.1, 0.15) is 5.69 Å². The standard InChI is InChI=1S/C18H12BrClN4O2S/c19-13-10-21-18-22-16(12-4-2-1-3-5-12)17(24(18)11-13)23-27(25,26)15-8-6-14(20)7-9-15/h1-11,23H. The number of fused-ring (bicyclic) bond motifs is 1. The maximum atomic E-state index is 12.9. The zero-order valence-electron chi connectivity index (χ0n) is 13.7. The van der Waals surface area contributed by atoms with Gasteiger partial charge in [0, 0.05) is 23.0 Å². The van der Waals surface area contributed by atoms with E-state index in [0.29, 0.717) is 26.8 Å². The van der Waals surface area contributed by atoms with Crippen LogP contribution in [-0.2, 0) is 10.0 Å². The Balaban J connectivity index is 1.89. The predicted molar refractivity (Wildman–Crippen MR) is 108 cm³/mol. The van der Waals surface area contributed by atoms with E-state index >= 15 is 0 Å². The van der Waals surface area contributed by atoms with Crippen molar-refractivity contribution in [2.24, 2.45) is 0 Å². The van der Waals surface area contributed by atoms with Gasteiger partial charge in [-0.1, -0.05) is 41.9 Å². The van der Waals surface area contributed by atoms with Crippen LogP contribution in [0.4, 0.5) is 5.82 Å². The molecule has 2 heterocycles. The second kappa shape index (κ2) is 6.95. The maximum Gasteiger partial charge on any atom is 0.263 e. The van der Waals surface area contributed by atoms with E-state index in [1.165, 1.54) is 24.3 Å². The molecule has 0 radical (unpaired) electrons. The number of nitrogens with one attached hydrogen (secondary N) is 1. The van der Waals surface area contributed by atoms with Crippen molar-refractivity contribution in [3.8, 4) is 11.3 Å². The molecule has 0 spiro atoms. The molecule has 9 heteroatoms. The first kappa shape index (κ1) is 18.0. The molecule has 0 unspecified atom stereocenters. The van der Waals surface area contributed by atoms with Crippen LogP contribution in [0.15, 0.2) is 76.4 Å². The van der Waals surface area contributed by atoms with Crippen molar-refractivity contribution in [2.45, 2.75) is 4.90 Å². The molecule has 0 fully saturated rings. The first-order valence-corrected chi connectivity index (χ1v) is 10.5. The lowest BCUT2D eigenvalue weighted by Gasteiger charge is -2.10. The van der Waals surface area contributed by atoms with Gasteiger partial charge in [0.15, 0.2) is 5.82 Å². The summed E-state index contributed by atoms with van der Waals surface area (Å²) >= 11 is 9.22. The first-order valence-electron chi connectivity index (χ1n) is 7.81. The highest BCUT2D eigenvalue weighted by molar-refractivity contribution is 9.10. The average Bonchev–Trinajstić information content (AvgIpc) is 3.00. The summed E-state index contributed by atoms with van der Waals surface area (Å²) in [7, 11) is -3.85. The van der Waals surface area contributed by atoms with Crippen LogP contribution in [0.5, 0.6) is 0 Å². The Kier molecular flexibility index (Phi) is 4.63. The van der Waals surface area contributed by atoms with Crippen molar-refractivity contribution in [3.63, 3.8) is 0 Å². The van der Waals surface area contributed by atoms with E-state index in [4.69, 9.17) is 11.6 Å². The predicted octanol–water partition coefficient (Wildman–Crippen LogP) is 4.61. The van der Waals surface area contributed by atoms with Gasteiger partial charge in [0.2, 0.25) is 5.78 Å². The second-order valence-corrected chi connectivity index (χ2v) is 8.71. The monoisotopic (exact) mass is 462 g/mol. The minimum Gasteiger partial charge on any atom is -0.268 e. The number of anilines is 1. The zero-order chi connectivity index (χ0) is 19.0. The quantitative estimate of drug-likeness (QED) is 0.479. The SMILES string of the molecule is O=S(=O)(Nc1c(-c2ccccc2)nc2ncc(Br)cn12)c1ccc(Cl)cc1. The van der Waals surface area contributed by atoms with Crippen molar-refractivity contribution in [1.82, 2.24) is 14.4 Å². The molecule has 2 aromatic carbocycles. The Morgan fingerprint density at radius 3 is 2.44 bits per heavy atom. The van der Waals surface area contributed by atoms with Gasteiger partial charge in [0.25, 0.3) is 10.0 Å². The smallest absolute Gasteiger partial charge is 0.263 e. The van der Waals surface area contributed by atoms with E-state index in [2.05, 4.69) is 30.6 Å². The number of hydrogen-bond acceptors (Lipinski definition) is 4. The molecule has 0 bridgehead atoms. The number of halogens is 2. The van der Waals surface area contributed by atoms with Crippen molar-refractivity contribution in [1.29, 1.82) is 0 Å². The molecular weight excluding hydrogens is 452 g/mol. The summed E-state index contributed by atoms with van der Waals surface area (Å²) in [4.78, 5) is 8.85. The molecule has 0 saturated heterocycles. The third-order valence-corrected chi connectivity index (χ3v) is 5.87. The molecule has 2 aromatic heterocycles. The Bertz CT molecular complexity index is 1230. The Hall–Kier alpha value is -2.42. The van der Waals surface area contributed by atoms with Crippen LogP contribution in [-0.4, -0.2) is 22.8 Å². The van der Waals surface area contributed by atoms with Crippen LogP contribution < -0.4 is 4.72 Å². The number of imidazole rings is 1. The van der Waals surface area contributed by atoms with Gasteiger partial charge >= 0.3 is 0 Å². The van der Waals surface area contributed by atoms with E-state index in [0.717, 1.165) is 5.56 Å². The number of benzene rings is 2. The number of rotatable bonds is 4. The topological polar surface area (TPSA) is 76.4 Å². The Morgan fingerprint density at radius 1 is 1.04 bits per heavy atom. The van der Waals surface area contributed by atoms with Crippen LogP contribution in [0.2, 0.25) is 5.02 Å². The molecule has 0 saturated carbocycles. The lowest BCUT2D eigenvalue weighted by molar-refractivity contribution is 0.601. The van der Waals surface area contributed by atoms with Gasteiger partial charge in [0.05, 0.1) is 9.37 Å². The lowest BCUT2D eigenvalue weighted by atomic mass is 10.1. The molecule has 0 atom stereocenters. The highest BCUT2D eigenvalue weighted by Gasteiger charge is 2.22. The third-order valence-electron chi connectivity index (χ3n) is 3.85. The van der Waals surface area contributed by atoms with E-state index < -0.39 is 10.0 Å². The molecular formula is C18H12BrClN4O2S. The van der Waals surface area contributed by atoms with E-state index in [-0.39, 0.29) is 4.90 Å². The second-order valence-electron chi connectivity index (χ2n) is 5.68. The molecule has 0 aliphatic rings. The van der Waals surface area contributed by atoms with Gasteiger partial charge in [-0.25, -0.2) is 18.4 Å². The largest absolute Gasteiger partial charge is 0.268 e. The van der Waals surface area contributed by atoms with Crippen LogP contribution >= 0.6 is 27.5 Å². The summed E-state index contributed by atoms with van der Waals surface area (Å²) in [6.45, 7) is 0. The molecule has 4 aromatic rings. The third kappa shape index (κ3) is 3.55. The molecule has 0 amide bonds. The number of nitrogens with zero attached hydrogens (tertiary/aromatic N) is 3. The summed E-state index contributed by atoms with van der Waals surface area (Å²) in [6.07, 6.45) is 3.32. The van der Waals surface area contributed by atoms with Gasteiger partial charge in [-0.2, -0.15) is 0 Å². The van der Waals surface area contributed by atoms with Crippen molar-refractivity contribution >= 4 is 49.1 Å². The van der Waals surface area contributed by atoms with E-state index in [1.807, 2.05) is 30.3 Å². The van der Waals surface area contributed by atoms with Crippen LogP contribution in [0.1, 0.15) is 0 Å². The lowest BCUT2D eigenvalue weighted by Crippen LogP contribution is -2.15. The summed E-state index contributed by atoms with van der Waals surface area (Å²) < 4.78 is 30.7. The first-order chi connectivity index (χ1) is 12.9. The highest BCUT2D eigenvalue weighted by atomic mass is 79.9. The number of aromatic nitrogens is 3. The van der Waals surface area contributed by atoms with Crippen LogP contribution in [0, 0.1) is 0 Å². The number of sulfonamides is 1. The maximum absolute atomic E-state index is 12.9.